The van der Waals surface area contributed by atoms with Crippen LogP contribution in [-0.4, -0.2) is 15.9 Å². The van der Waals surface area contributed by atoms with Crippen molar-refractivity contribution in [2.75, 3.05) is 6.54 Å². The first-order valence-electron chi connectivity index (χ1n) is 6.78. The molecule has 98 valence electrons. The lowest BCUT2D eigenvalue weighted by Crippen LogP contribution is -2.24. The van der Waals surface area contributed by atoms with Gasteiger partial charge in [-0.3, -0.25) is 4.40 Å². The lowest BCUT2D eigenvalue weighted by Gasteiger charge is -2.13. The summed E-state index contributed by atoms with van der Waals surface area (Å²) in [7, 11) is 0. The number of fused-ring (bicyclic) bond motifs is 1. The molecule has 3 nitrogen and oxygen atoms in total. The van der Waals surface area contributed by atoms with E-state index in [0.29, 0.717) is 5.41 Å². The van der Waals surface area contributed by atoms with Gasteiger partial charge in [-0.25, -0.2) is 4.98 Å². The van der Waals surface area contributed by atoms with Crippen LogP contribution < -0.4 is 5.32 Å². The third-order valence-corrected chi connectivity index (χ3v) is 5.14. The Bertz CT molecular complexity index is 563. The molecule has 18 heavy (non-hydrogen) atoms. The van der Waals surface area contributed by atoms with Crippen molar-refractivity contribution >= 4 is 16.3 Å². The standard InChI is InChI=1S/C14H21N3S/c1-4-14(5-6-14)9-15-7-12-11(3)16-13-17(12)8-10(2)18-13/h8,15H,4-7,9H2,1-3H3. The Kier molecular flexibility index (Phi) is 2.94. The molecule has 0 amide bonds. The molecule has 1 fully saturated rings. The average molecular weight is 263 g/mol. The van der Waals surface area contributed by atoms with Crippen molar-refractivity contribution < 1.29 is 0 Å². The molecule has 0 unspecified atom stereocenters. The summed E-state index contributed by atoms with van der Waals surface area (Å²) in [4.78, 5) is 7.07. The van der Waals surface area contributed by atoms with E-state index in [1.54, 1.807) is 11.3 Å². The van der Waals surface area contributed by atoms with E-state index in [1.165, 1.54) is 29.8 Å². The fourth-order valence-corrected chi connectivity index (χ4v) is 3.49. The van der Waals surface area contributed by atoms with Gasteiger partial charge in [0.05, 0.1) is 11.4 Å². The van der Waals surface area contributed by atoms with Crippen molar-refractivity contribution in [3.8, 4) is 0 Å². The van der Waals surface area contributed by atoms with Crippen molar-refractivity contribution in [2.24, 2.45) is 5.41 Å². The minimum Gasteiger partial charge on any atom is -0.311 e. The highest BCUT2D eigenvalue weighted by Gasteiger charge is 2.39. The van der Waals surface area contributed by atoms with Crippen LogP contribution in [0.5, 0.6) is 0 Å². The van der Waals surface area contributed by atoms with E-state index in [4.69, 9.17) is 0 Å². The van der Waals surface area contributed by atoms with Crippen molar-refractivity contribution in [3.63, 3.8) is 0 Å². The van der Waals surface area contributed by atoms with Crippen molar-refractivity contribution in [1.82, 2.24) is 14.7 Å². The number of nitrogens with one attached hydrogen (secondary N) is 1. The minimum atomic E-state index is 0.613. The number of aromatic nitrogens is 2. The smallest absolute Gasteiger partial charge is 0.194 e. The molecule has 0 bridgehead atoms. The summed E-state index contributed by atoms with van der Waals surface area (Å²) in [5.41, 5.74) is 3.10. The number of nitrogens with zero attached hydrogens (tertiary/aromatic N) is 2. The quantitative estimate of drug-likeness (QED) is 0.897. The summed E-state index contributed by atoms with van der Waals surface area (Å²) < 4.78 is 2.24. The fourth-order valence-electron chi connectivity index (χ4n) is 2.60. The molecular weight excluding hydrogens is 242 g/mol. The Hall–Kier alpha value is -0.870. The first-order chi connectivity index (χ1) is 8.63. The number of aryl methyl sites for hydroxylation is 2. The van der Waals surface area contributed by atoms with Crippen LogP contribution in [-0.2, 0) is 6.54 Å². The van der Waals surface area contributed by atoms with Gasteiger partial charge in [-0.15, -0.1) is 11.3 Å². The van der Waals surface area contributed by atoms with Crippen LogP contribution in [0, 0.1) is 19.3 Å². The maximum absolute atomic E-state index is 4.63. The Morgan fingerprint density at radius 3 is 2.89 bits per heavy atom. The average Bonchev–Trinajstić information content (AvgIpc) is 2.95. The summed E-state index contributed by atoms with van der Waals surface area (Å²) in [5.74, 6) is 0. The number of imidazole rings is 1. The third kappa shape index (κ3) is 2.08. The van der Waals surface area contributed by atoms with Crippen molar-refractivity contribution in [1.29, 1.82) is 0 Å². The van der Waals surface area contributed by atoms with E-state index in [2.05, 4.69) is 41.7 Å². The topological polar surface area (TPSA) is 29.3 Å². The molecule has 1 aliphatic rings. The second kappa shape index (κ2) is 4.35. The molecule has 1 N–H and O–H groups in total. The van der Waals surface area contributed by atoms with Gasteiger partial charge in [-0.1, -0.05) is 6.92 Å². The van der Waals surface area contributed by atoms with Gasteiger partial charge in [-0.2, -0.15) is 0 Å². The number of rotatable bonds is 5. The molecule has 3 rings (SSSR count). The first kappa shape index (κ1) is 12.2. The van der Waals surface area contributed by atoms with Gasteiger partial charge in [0.2, 0.25) is 0 Å². The molecule has 0 saturated heterocycles. The SMILES string of the molecule is CCC1(CNCc2c(C)nc3sc(C)cn23)CC1. The van der Waals surface area contributed by atoms with Gasteiger partial charge >= 0.3 is 0 Å². The van der Waals surface area contributed by atoms with E-state index in [-0.39, 0.29) is 0 Å². The van der Waals surface area contributed by atoms with Gasteiger partial charge in [0.15, 0.2) is 4.96 Å². The van der Waals surface area contributed by atoms with Crippen LogP contribution in [0.15, 0.2) is 6.20 Å². The maximum Gasteiger partial charge on any atom is 0.194 e. The molecule has 4 heteroatoms. The number of hydrogen-bond donors (Lipinski definition) is 1. The molecule has 1 saturated carbocycles. The van der Waals surface area contributed by atoms with Crippen molar-refractivity contribution in [3.05, 3.63) is 22.5 Å². The van der Waals surface area contributed by atoms with E-state index in [1.807, 2.05) is 0 Å². The van der Waals surface area contributed by atoms with E-state index < -0.39 is 0 Å². The summed E-state index contributed by atoms with van der Waals surface area (Å²) in [6, 6.07) is 0. The van der Waals surface area contributed by atoms with E-state index >= 15 is 0 Å². The predicted octanol–water partition coefficient (Wildman–Crippen LogP) is 3.29. The van der Waals surface area contributed by atoms with Crippen LogP contribution in [0.3, 0.4) is 0 Å². The van der Waals surface area contributed by atoms with Crippen LogP contribution in [0.4, 0.5) is 0 Å². The summed E-state index contributed by atoms with van der Waals surface area (Å²) >= 11 is 1.77. The van der Waals surface area contributed by atoms with Gasteiger partial charge in [0.1, 0.15) is 0 Å². The first-order valence-corrected chi connectivity index (χ1v) is 7.60. The predicted molar refractivity (Wildman–Crippen MR) is 76.2 cm³/mol. The Morgan fingerprint density at radius 2 is 2.22 bits per heavy atom. The summed E-state index contributed by atoms with van der Waals surface area (Å²) in [6.07, 6.45) is 6.30. The molecule has 0 atom stereocenters. The third-order valence-electron chi connectivity index (χ3n) is 4.24. The van der Waals surface area contributed by atoms with Gasteiger partial charge in [-0.05, 0) is 38.5 Å². The van der Waals surface area contributed by atoms with Crippen LogP contribution >= 0.6 is 11.3 Å². The molecule has 0 spiro atoms. The van der Waals surface area contributed by atoms with E-state index in [0.717, 1.165) is 23.7 Å². The lowest BCUT2D eigenvalue weighted by molar-refractivity contribution is 0.441. The molecule has 1 aliphatic carbocycles. The highest BCUT2D eigenvalue weighted by atomic mass is 32.1. The monoisotopic (exact) mass is 263 g/mol. The molecule has 2 heterocycles. The Morgan fingerprint density at radius 1 is 1.44 bits per heavy atom. The molecular formula is C14H21N3S. The molecule has 2 aromatic heterocycles. The number of hydrogen-bond acceptors (Lipinski definition) is 3. The Balaban J connectivity index is 1.71. The Labute approximate surface area is 112 Å². The number of thiazole rings is 1. The fraction of sp³-hybridized carbons (Fsp3) is 0.643. The van der Waals surface area contributed by atoms with Gasteiger partial charge in [0, 0.05) is 24.2 Å². The molecule has 0 aliphatic heterocycles. The second-order valence-corrected chi connectivity index (χ2v) is 6.81. The molecule has 0 aromatic carbocycles. The highest BCUT2D eigenvalue weighted by molar-refractivity contribution is 7.17. The van der Waals surface area contributed by atoms with Crippen LogP contribution in [0.1, 0.15) is 42.5 Å². The van der Waals surface area contributed by atoms with Gasteiger partial charge in [0.25, 0.3) is 0 Å². The van der Waals surface area contributed by atoms with Gasteiger partial charge < -0.3 is 5.32 Å². The van der Waals surface area contributed by atoms with Crippen molar-refractivity contribution in [2.45, 2.75) is 46.6 Å². The largest absolute Gasteiger partial charge is 0.311 e. The highest BCUT2D eigenvalue weighted by Crippen LogP contribution is 2.47. The zero-order valence-electron chi connectivity index (χ0n) is 11.4. The normalized spacial score (nSPS) is 17.5. The molecule has 0 radical (unpaired) electrons. The second-order valence-electron chi connectivity index (χ2n) is 5.60. The molecule has 2 aromatic rings. The van der Waals surface area contributed by atoms with Crippen LogP contribution in [0.2, 0.25) is 0 Å². The zero-order chi connectivity index (χ0) is 12.8. The minimum absolute atomic E-state index is 0.613. The van der Waals surface area contributed by atoms with Crippen LogP contribution in [0.25, 0.3) is 4.96 Å². The summed E-state index contributed by atoms with van der Waals surface area (Å²) in [6.45, 7) is 8.64. The maximum atomic E-state index is 4.63. The van der Waals surface area contributed by atoms with E-state index in [9.17, 15) is 0 Å². The summed E-state index contributed by atoms with van der Waals surface area (Å²) in [5, 5.41) is 3.63. The lowest BCUT2D eigenvalue weighted by atomic mass is 10.0. The zero-order valence-corrected chi connectivity index (χ0v) is 12.2.